The zero-order chi connectivity index (χ0) is 15.6. The van der Waals surface area contributed by atoms with Gasteiger partial charge in [0.15, 0.2) is 0 Å². The van der Waals surface area contributed by atoms with Crippen LogP contribution in [0.5, 0.6) is 5.75 Å². The fourth-order valence-corrected chi connectivity index (χ4v) is 2.58. The van der Waals surface area contributed by atoms with Crippen LogP contribution < -0.4 is 10.1 Å². The molecular formula is C13H14N2O5S. The molecule has 0 saturated carbocycles. The van der Waals surface area contributed by atoms with Crippen molar-refractivity contribution in [1.82, 2.24) is 5.16 Å². The highest BCUT2D eigenvalue weighted by atomic mass is 32.2. The number of carbonyl (C=O) groups is 1. The van der Waals surface area contributed by atoms with Gasteiger partial charge in [0.2, 0.25) is 9.84 Å². The lowest BCUT2D eigenvalue weighted by atomic mass is 10.2. The molecule has 0 aliphatic heterocycles. The van der Waals surface area contributed by atoms with Gasteiger partial charge in [-0.2, -0.15) is 0 Å². The number of nitrogens with one attached hydrogen (secondary N) is 1. The molecule has 0 atom stereocenters. The first-order valence-corrected chi connectivity index (χ1v) is 7.84. The summed E-state index contributed by atoms with van der Waals surface area (Å²) in [7, 11) is -2.22. The molecule has 7 nitrogen and oxygen atoms in total. The summed E-state index contributed by atoms with van der Waals surface area (Å²) in [6.07, 6.45) is 0.951. The number of sulfone groups is 1. The van der Waals surface area contributed by atoms with Crippen molar-refractivity contribution in [2.45, 2.75) is 12.0 Å². The zero-order valence-electron chi connectivity index (χ0n) is 11.7. The summed E-state index contributed by atoms with van der Waals surface area (Å²) in [5.41, 5.74) is 0.510. The van der Waals surface area contributed by atoms with Crippen LogP contribution in [0.15, 0.2) is 33.9 Å². The lowest BCUT2D eigenvalue weighted by Crippen LogP contribution is -2.16. The molecular weight excluding hydrogens is 296 g/mol. The normalized spacial score (nSPS) is 11.2. The van der Waals surface area contributed by atoms with Gasteiger partial charge in [0.05, 0.1) is 18.5 Å². The minimum atomic E-state index is -3.69. The molecule has 2 rings (SSSR count). The fourth-order valence-electron chi connectivity index (χ4n) is 1.79. The van der Waals surface area contributed by atoms with E-state index in [0.717, 1.165) is 6.26 Å². The summed E-state index contributed by atoms with van der Waals surface area (Å²) < 4.78 is 33.1. The van der Waals surface area contributed by atoms with Crippen LogP contribution in [0, 0.1) is 6.92 Å². The quantitative estimate of drug-likeness (QED) is 0.922. The van der Waals surface area contributed by atoms with Gasteiger partial charge in [-0.3, -0.25) is 4.79 Å². The molecule has 21 heavy (non-hydrogen) atoms. The number of carbonyl (C=O) groups excluding carboxylic acids is 1. The Morgan fingerprint density at radius 1 is 1.33 bits per heavy atom. The SMILES string of the molecule is COc1ccccc1NC(=O)c1c(C)noc1S(C)(=O)=O. The van der Waals surface area contributed by atoms with E-state index in [1.54, 1.807) is 24.3 Å². The maximum atomic E-state index is 12.3. The fraction of sp³-hybridized carbons (Fsp3) is 0.231. The van der Waals surface area contributed by atoms with Gasteiger partial charge in [-0.1, -0.05) is 17.3 Å². The Kier molecular flexibility index (Phi) is 3.99. The summed E-state index contributed by atoms with van der Waals surface area (Å²) in [6, 6.07) is 6.78. The summed E-state index contributed by atoms with van der Waals surface area (Å²) in [5, 5.41) is 5.68. The van der Waals surface area contributed by atoms with Crippen LogP contribution in [0.25, 0.3) is 0 Å². The van der Waals surface area contributed by atoms with E-state index < -0.39 is 20.8 Å². The third-order valence-corrected chi connectivity index (χ3v) is 3.70. The Morgan fingerprint density at radius 2 is 2.00 bits per heavy atom. The van der Waals surface area contributed by atoms with Gasteiger partial charge >= 0.3 is 0 Å². The van der Waals surface area contributed by atoms with Crippen molar-refractivity contribution in [3.05, 3.63) is 35.5 Å². The van der Waals surface area contributed by atoms with E-state index in [1.165, 1.54) is 14.0 Å². The average Bonchev–Trinajstić information content (AvgIpc) is 2.81. The third-order valence-electron chi connectivity index (χ3n) is 2.75. The third kappa shape index (κ3) is 3.05. The van der Waals surface area contributed by atoms with Crippen LogP contribution in [0.2, 0.25) is 0 Å². The molecule has 2 aromatic rings. The number of benzene rings is 1. The number of hydrogen-bond acceptors (Lipinski definition) is 6. The summed E-state index contributed by atoms with van der Waals surface area (Å²) in [5.74, 6) is -0.167. The summed E-state index contributed by atoms with van der Waals surface area (Å²) >= 11 is 0. The molecule has 0 unspecified atom stereocenters. The van der Waals surface area contributed by atoms with E-state index in [1.807, 2.05) is 0 Å². The van der Waals surface area contributed by atoms with Crippen molar-refractivity contribution in [2.24, 2.45) is 0 Å². The molecule has 1 aromatic carbocycles. The van der Waals surface area contributed by atoms with Crippen molar-refractivity contribution in [3.63, 3.8) is 0 Å². The molecule has 0 aliphatic carbocycles. The van der Waals surface area contributed by atoms with E-state index in [4.69, 9.17) is 9.26 Å². The van der Waals surface area contributed by atoms with E-state index in [2.05, 4.69) is 10.5 Å². The second kappa shape index (κ2) is 5.57. The Hall–Kier alpha value is -2.35. The number of rotatable bonds is 4. The molecule has 1 aromatic heterocycles. The number of hydrogen-bond donors (Lipinski definition) is 1. The molecule has 0 spiro atoms. The van der Waals surface area contributed by atoms with Crippen molar-refractivity contribution < 1.29 is 22.5 Å². The topological polar surface area (TPSA) is 98.5 Å². The Morgan fingerprint density at radius 3 is 2.62 bits per heavy atom. The number of amides is 1. The number of methoxy groups -OCH3 is 1. The lowest BCUT2D eigenvalue weighted by Gasteiger charge is -2.09. The van der Waals surface area contributed by atoms with E-state index >= 15 is 0 Å². The minimum absolute atomic E-state index is 0.108. The smallest absolute Gasteiger partial charge is 0.263 e. The van der Waals surface area contributed by atoms with E-state index in [0.29, 0.717) is 11.4 Å². The van der Waals surface area contributed by atoms with Crippen LogP contribution in [-0.2, 0) is 9.84 Å². The lowest BCUT2D eigenvalue weighted by molar-refractivity contribution is 0.102. The molecule has 0 fully saturated rings. The van der Waals surface area contributed by atoms with Crippen LogP contribution in [0.1, 0.15) is 16.1 Å². The molecule has 8 heteroatoms. The monoisotopic (exact) mass is 310 g/mol. The highest BCUT2D eigenvalue weighted by Gasteiger charge is 2.27. The van der Waals surface area contributed by atoms with Gasteiger partial charge in [0.1, 0.15) is 11.3 Å². The molecule has 0 aliphatic rings. The standard InChI is InChI=1S/C13H14N2O5S/c1-8-11(13(20-15-8)21(3,17)18)12(16)14-9-6-4-5-7-10(9)19-2/h4-7H,1-3H3,(H,14,16). The van der Waals surface area contributed by atoms with Crippen molar-refractivity contribution in [1.29, 1.82) is 0 Å². The van der Waals surface area contributed by atoms with E-state index in [-0.39, 0.29) is 11.3 Å². The van der Waals surface area contributed by atoms with Crippen LogP contribution >= 0.6 is 0 Å². The highest BCUT2D eigenvalue weighted by molar-refractivity contribution is 7.90. The summed E-state index contributed by atoms with van der Waals surface area (Å²) in [4.78, 5) is 12.3. The average molecular weight is 310 g/mol. The number of para-hydroxylation sites is 2. The minimum Gasteiger partial charge on any atom is -0.495 e. The first kappa shape index (κ1) is 15.0. The van der Waals surface area contributed by atoms with Gasteiger partial charge in [-0.25, -0.2) is 8.42 Å². The number of ether oxygens (including phenoxy) is 1. The molecule has 0 saturated heterocycles. The maximum Gasteiger partial charge on any atom is 0.263 e. The molecule has 1 amide bonds. The maximum absolute atomic E-state index is 12.3. The Bertz CT molecular complexity index is 780. The van der Waals surface area contributed by atoms with Crippen molar-refractivity contribution in [2.75, 3.05) is 18.7 Å². The van der Waals surface area contributed by atoms with Gasteiger partial charge in [0, 0.05) is 6.26 Å². The first-order chi connectivity index (χ1) is 9.84. The number of anilines is 1. The Labute approximate surface area is 121 Å². The van der Waals surface area contributed by atoms with Gasteiger partial charge in [0.25, 0.3) is 11.0 Å². The van der Waals surface area contributed by atoms with Crippen LogP contribution in [-0.4, -0.2) is 32.8 Å². The van der Waals surface area contributed by atoms with Gasteiger partial charge < -0.3 is 14.6 Å². The second-order valence-corrected chi connectivity index (χ2v) is 6.27. The number of aryl methyl sites for hydroxylation is 1. The Balaban J connectivity index is 2.40. The van der Waals surface area contributed by atoms with Crippen LogP contribution in [0.3, 0.4) is 0 Å². The van der Waals surface area contributed by atoms with Crippen LogP contribution in [0.4, 0.5) is 5.69 Å². The molecule has 112 valence electrons. The van der Waals surface area contributed by atoms with E-state index in [9.17, 15) is 13.2 Å². The molecule has 1 N–H and O–H groups in total. The highest BCUT2D eigenvalue weighted by Crippen LogP contribution is 2.26. The second-order valence-electron chi connectivity index (χ2n) is 4.36. The molecule has 0 radical (unpaired) electrons. The first-order valence-electron chi connectivity index (χ1n) is 5.95. The van der Waals surface area contributed by atoms with Crippen molar-refractivity contribution in [3.8, 4) is 5.75 Å². The molecule has 0 bridgehead atoms. The number of aromatic nitrogens is 1. The largest absolute Gasteiger partial charge is 0.495 e. The zero-order valence-corrected chi connectivity index (χ0v) is 12.5. The predicted molar refractivity (Wildman–Crippen MR) is 75.3 cm³/mol. The van der Waals surface area contributed by atoms with Crippen molar-refractivity contribution >= 4 is 21.4 Å². The predicted octanol–water partition coefficient (Wildman–Crippen LogP) is 1.65. The molecule has 1 heterocycles. The number of nitrogens with zero attached hydrogens (tertiary/aromatic N) is 1. The summed E-state index contributed by atoms with van der Waals surface area (Å²) in [6.45, 7) is 1.50. The van der Waals surface area contributed by atoms with Gasteiger partial charge in [-0.15, -0.1) is 0 Å². The van der Waals surface area contributed by atoms with Gasteiger partial charge in [-0.05, 0) is 19.1 Å².